The van der Waals surface area contributed by atoms with Crippen LogP contribution in [0.1, 0.15) is 16.6 Å². The molecule has 0 aliphatic heterocycles. The number of nitrogens with one attached hydrogen (secondary N) is 1. The average molecular weight is 313 g/mol. The normalized spacial score (nSPS) is 10.6. The molecule has 0 unspecified atom stereocenters. The molecule has 5 nitrogen and oxygen atoms in total. The predicted octanol–water partition coefficient (Wildman–Crippen LogP) is 2.97. The highest BCUT2D eigenvalue weighted by atomic mass is 32.1. The number of benzene rings is 1. The lowest BCUT2D eigenvalue weighted by atomic mass is 10.2. The molecular weight excluding hydrogens is 298 g/mol. The minimum Gasteiger partial charge on any atom is -0.351 e. The third-order valence-corrected chi connectivity index (χ3v) is 4.20. The van der Waals surface area contributed by atoms with Gasteiger partial charge in [0.05, 0.1) is 13.0 Å². The van der Waals surface area contributed by atoms with E-state index in [9.17, 15) is 4.79 Å². The van der Waals surface area contributed by atoms with Crippen LogP contribution >= 0.6 is 11.3 Å². The van der Waals surface area contributed by atoms with Gasteiger partial charge in [-0.3, -0.25) is 4.79 Å². The average Bonchev–Trinajstić information content (AvgIpc) is 3.15. The Morgan fingerprint density at radius 3 is 2.77 bits per heavy atom. The van der Waals surface area contributed by atoms with Crippen LogP contribution in [0.25, 0.3) is 10.4 Å². The molecule has 22 heavy (non-hydrogen) atoms. The summed E-state index contributed by atoms with van der Waals surface area (Å²) >= 11 is 1.67. The van der Waals surface area contributed by atoms with Crippen LogP contribution in [0.4, 0.5) is 0 Å². The molecule has 0 spiro atoms. The highest BCUT2D eigenvalue weighted by Crippen LogP contribution is 2.27. The van der Waals surface area contributed by atoms with E-state index in [2.05, 4.69) is 33.7 Å². The Morgan fingerprint density at radius 1 is 1.23 bits per heavy atom. The Bertz CT molecular complexity index is 765. The van der Waals surface area contributed by atoms with Gasteiger partial charge in [-0.15, -0.1) is 11.3 Å². The lowest BCUT2D eigenvalue weighted by Crippen LogP contribution is -2.24. The van der Waals surface area contributed by atoms with Gasteiger partial charge in [0.15, 0.2) is 5.82 Å². The maximum absolute atomic E-state index is 11.8. The molecule has 3 aromatic rings. The fraction of sp³-hybridized carbons (Fsp3) is 0.188. The van der Waals surface area contributed by atoms with E-state index in [1.165, 1.54) is 10.4 Å². The Morgan fingerprint density at radius 2 is 2.05 bits per heavy atom. The molecule has 112 valence electrons. The van der Waals surface area contributed by atoms with Gasteiger partial charge in [0.1, 0.15) is 0 Å². The van der Waals surface area contributed by atoms with Crippen molar-refractivity contribution < 1.29 is 9.32 Å². The second-order valence-electron chi connectivity index (χ2n) is 4.82. The van der Waals surface area contributed by atoms with Crippen molar-refractivity contribution in [3.63, 3.8) is 0 Å². The lowest BCUT2D eigenvalue weighted by Gasteiger charge is -2.01. The summed E-state index contributed by atoms with van der Waals surface area (Å²) in [4.78, 5) is 18.2. The first-order valence-corrected chi connectivity index (χ1v) is 7.72. The second kappa shape index (κ2) is 6.53. The first kappa shape index (κ1) is 14.5. The number of aromatic nitrogens is 2. The van der Waals surface area contributed by atoms with Crippen molar-refractivity contribution >= 4 is 17.2 Å². The topological polar surface area (TPSA) is 68.0 Å². The summed E-state index contributed by atoms with van der Waals surface area (Å²) in [6, 6.07) is 14.3. The van der Waals surface area contributed by atoms with E-state index < -0.39 is 0 Å². The van der Waals surface area contributed by atoms with Gasteiger partial charge in [-0.1, -0.05) is 35.5 Å². The number of thiophene rings is 1. The third-order valence-electron chi connectivity index (χ3n) is 3.07. The summed E-state index contributed by atoms with van der Waals surface area (Å²) < 4.78 is 4.84. The Balaban J connectivity index is 1.56. The van der Waals surface area contributed by atoms with Crippen molar-refractivity contribution in [3.8, 4) is 10.4 Å². The van der Waals surface area contributed by atoms with Gasteiger partial charge in [-0.2, -0.15) is 4.98 Å². The van der Waals surface area contributed by atoms with Gasteiger partial charge in [0.2, 0.25) is 11.8 Å². The van der Waals surface area contributed by atoms with Crippen molar-refractivity contribution in [3.05, 3.63) is 59.1 Å². The van der Waals surface area contributed by atoms with Gasteiger partial charge in [-0.25, -0.2) is 0 Å². The summed E-state index contributed by atoms with van der Waals surface area (Å²) in [7, 11) is 0. The minimum absolute atomic E-state index is 0.115. The molecule has 0 atom stereocenters. The van der Waals surface area contributed by atoms with E-state index in [-0.39, 0.29) is 12.3 Å². The molecule has 2 aromatic heterocycles. The lowest BCUT2D eigenvalue weighted by molar-refractivity contribution is -0.120. The quantitative estimate of drug-likeness (QED) is 0.786. The molecule has 0 fully saturated rings. The fourth-order valence-corrected chi connectivity index (χ4v) is 2.99. The van der Waals surface area contributed by atoms with Crippen LogP contribution in [0.2, 0.25) is 0 Å². The smallest absolute Gasteiger partial charge is 0.228 e. The number of carbonyl (C=O) groups is 1. The molecule has 0 bridgehead atoms. The number of carbonyl (C=O) groups excluding carboxylic acids is 1. The maximum atomic E-state index is 11.8. The van der Waals surface area contributed by atoms with Crippen LogP contribution in [-0.4, -0.2) is 16.0 Å². The highest BCUT2D eigenvalue weighted by molar-refractivity contribution is 7.15. The zero-order valence-corrected chi connectivity index (χ0v) is 12.9. The summed E-state index contributed by atoms with van der Waals surface area (Å²) in [6.07, 6.45) is 0.133. The van der Waals surface area contributed by atoms with Crippen molar-refractivity contribution in [1.82, 2.24) is 15.5 Å². The van der Waals surface area contributed by atoms with Crippen LogP contribution in [0.3, 0.4) is 0 Å². The molecule has 0 aliphatic rings. The Labute approximate surface area is 132 Å². The van der Waals surface area contributed by atoms with Crippen molar-refractivity contribution in [1.29, 1.82) is 0 Å². The maximum Gasteiger partial charge on any atom is 0.228 e. The van der Waals surface area contributed by atoms with E-state index in [1.807, 2.05) is 24.3 Å². The van der Waals surface area contributed by atoms with Crippen LogP contribution in [0, 0.1) is 6.92 Å². The number of rotatable bonds is 5. The molecule has 0 aliphatic carbocycles. The fourth-order valence-electron chi connectivity index (χ4n) is 2.04. The van der Waals surface area contributed by atoms with E-state index in [0.29, 0.717) is 18.3 Å². The summed E-state index contributed by atoms with van der Waals surface area (Å²) in [6.45, 7) is 2.21. The Kier molecular flexibility index (Phi) is 4.29. The molecular formula is C16H15N3O2S. The zero-order valence-electron chi connectivity index (χ0n) is 12.1. The van der Waals surface area contributed by atoms with Crippen molar-refractivity contribution in [2.24, 2.45) is 0 Å². The molecule has 3 rings (SSSR count). The molecule has 6 heteroatoms. The van der Waals surface area contributed by atoms with Gasteiger partial charge in [0, 0.05) is 16.7 Å². The van der Waals surface area contributed by atoms with Gasteiger partial charge in [-0.05, 0) is 17.7 Å². The van der Waals surface area contributed by atoms with Crippen molar-refractivity contribution in [2.75, 3.05) is 0 Å². The monoisotopic (exact) mass is 313 g/mol. The van der Waals surface area contributed by atoms with E-state index in [0.717, 1.165) is 4.88 Å². The first-order chi connectivity index (χ1) is 10.7. The standard InChI is InChI=1S/C16H15N3O2S/c1-11-18-15(19-21-11)9-16(20)17-10-13-7-8-14(22-13)12-5-3-2-4-6-12/h2-8H,9-10H2,1H3,(H,17,20). The number of hydrogen-bond donors (Lipinski definition) is 1. The van der Waals surface area contributed by atoms with Gasteiger partial charge in [0.25, 0.3) is 0 Å². The summed E-state index contributed by atoms with van der Waals surface area (Å²) in [5.74, 6) is 0.759. The Hall–Kier alpha value is -2.47. The van der Waals surface area contributed by atoms with Gasteiger partial charge >= 0.3 is 0 Å². The molecule has 0 radical (unpaired) electrons. The molecule has 2 heterocycles. The van der Waals surface area contributed by atoms with Crippen LogP contribution in [0.15, 0.2) is 47.0 Å². The third kappa shape index (κ3) is 3.59. The molecule has 0 saturated heterocycles. The molecule has 0 saturated carbocycles. The number of nitrogens with zero attached hydrogens (tertiary/aromatic N) is 2. The largest absolute Gasteiger partial charge is 0.351 e. The SMILES string of the molecule is Cc1nc(CC(=O)NCc2ccc(-c3ccccc3)s2)no1. The molecule has 1 amide bonds. The van der Waals surface area contributed by atoms with E-state index >= 15 is 0 Å². The van der Waals surface area contributed by atoms with E-state index in [4.69, 9.17) is 4.52 Å². The molecule has 1 N–H and O–H groups in total. The predicted molar refractivity (Wildman–Crippen MR) is 84.3 cm³/mol. The summed E-state index contributed by atoms with van der Waals surface area (Å²) in [5.41, 5.74) is 1.19. The van der Waals surface area contributed by atoms with Crippen LogP contribution in [-0.2, 0) is 17.8 Å². The zero-order chi connectivity index (χ0) is 15.4. The second-order valence-corrected chi connectivity index (χ2v) is 5.98. The first-order valence-electron chi connectivity index (χ1n) is 6.91. The summed E-state index contributed by atoms with van der Waals surface area (Å²) in [5, 5.41) is 6.58. The number of aryl methyl sites for hydroxylation is 1. The van der Waals surface area contributed by atoms with Crippen LogP contribution < -0.4 is 5.32 Å². The minimum atomic E-state index is -0.115. The number of amides is 1. The van der Waals surface area contributed by atoms with E-state index in [1.54, 1.807) is 18.3 Å². The van der Waals surface area contributed by atoms with Crippen LogP contribution in [0.5, 0.6) is 0 Å². The molecule has 1 aromatic carbocycles. The highest BCUT2D eigenvalue weighted by Gasteiger charge is 2.09. The van der Waals surface area contributed by atoms with Crippen molar-refractivity contribution in [2.45, 2.75) is 19.9 Å². The number of hydrogen-bond acceptors (Lipinski definition) is 5. The van der Waals surface area contributed by atoms with Gasteiger partial charge < -0.3 is 9.84 Å².